The number of rotatable bonds is 4. The standard InChI is InChI=1S/C15H18ClN3OS/c16-13-8-4-3-7-12(13)11-20-15-14(17-21-18-15)19-9-5-1-2-6-10-19/h3-4,7-8H,1-2,5-6,9-11H2. The molecule has 1 aliphatic rings. The molecule has 2 heterocycles. The lowest BCUT2D eigenvalue weighted by Gasteiger charge is -2.20. The SMILES string of the molecule is Clc1ccccc1COc1nsnc1N1CCCCCC1. The molecule has 1 aromatic heterocycles. The van der Waals surface area contributed by atoms with E-state index in [1.165, 1.54) is 37.4 Å². The van der Waals surface area contributed by atoms with Crippen molar-refractivity contribution in [3.63, 3.8) is 0 Å². The van der Waals surface area contributed by atoms with E-state index in [4.69, 9.17) is 16.3 Å². The summed E-state index contributed by atoms with van der Waals surface area (Å²) in [4.78, 5) is 2.29. The fourth-order valence-electron chi connectivity index (χ4n) is 2.50. The van der Waals surface area contributed by atoms with Crippen molar-refractivity contribution >= 4 is 29.1 Å². The van der Waals surface area contributed by atoms with Crippen molar-refractivity contribution in [1.29, 1.82) is 0 Å². The lowest BCUT2D eigenvalue weighted by atomic mass is 10.2. The molecule has 6 heteroatoms. The van der Waals surface area contributed by atoms with Gasteiger partial charge in [0.25, 0.3) is 5.88 Å². The van der Waals surface area contributed by atoms with Gasteiger partial charge in [-0.05, 0) is 18.9 Å². The summed E-state index contributed by atoms with van der Waals surface area (Å²) in [6, 6.07) is 7.71. The number of benzene rings is 1. The van der Waals surface area contributed by atoms with Crippen molar-refractivity contribution in [2.45, 2.75) is 32.3 Å². The number of ether oxygens (including phenoxy) is 1. The van der Waals surface area contributed by atoms with E-state index in [-0.39, 0.29) is 0 Å². The molecule has 0 amide bonds. The Morgan fingerprint density at radius 2 is 1.86 bits per heavy atom. The minimum absolute atomic E-state index is 0.423. The Hall–Kier alpha value is -1.33. The fourth-order valence-corrected chi connectivity index (χ4v) is 3.21. The van der Waals surface area contributed by atoms with Gasteiger partial charge in [-0.3, -0.25) is 0 Å². The molecular formula is C15H18ClN3OS. The maximum absolute atomic E-state index is 6.15. The first-order valence-electron chi connectivity index (χ1n) is 7.28. The number of aromatic nitrogens is 2. The third kappa shape index (κ3) is 3.66. The smallest absolute Gasteiger partial charge is 0.271 e. The number of hydrogen-bond acceptors (Lipinski definition) is 5. The molecule has 1 aromatic carbocycles. The first-order valence-corrected chi connectivity index (χ1v) is 8.39. The highest BCUT2D eigenvalue weighted by atomic mass is 35.5. The van der Waals surface area contributed by atoms with Crippen LogP contribution in [0, 0.1) is 0 Å². The van der Waals surface area contributed by atoms with Crippen LogP contribution in [0.3, 0.4) is 0 Å². The molecule has 0 bridgehead atoms. The van der Waals surface area contributed by atoms with Crippen LogP contribution in [-0.4, -0.2) is 21.8 Å². The van der Waals surface area contributed by atoms with Crippen molar-refractivity contribution < 1.29 is 4.74 Å². The van der Waals surface area contributed by atoms with Crippen LogP contribution in [0.25, 0.3) is 0 Å². The van der Waals surface area contributed by atoms with Crippen LogP contribution in [0.2, 0.25) is 5.02 Å². The number of nitrogens with zero attached hydrogens (tertiary/aromatic N) is 3. The average molecular weight is 324 g/mol. The molecule has 0 unspecified atom stereocenters. The third-order valence-electron chi connectivity index (χ3n) is 3.67. The topological polar surface area (TPSA) is 38.3 Å². The maximum Gasteiger partial charge on any atom is 0.271 e. The fraction of sp³-hybridized carbons (Fsp3) is 0.467. The zero-order chi connectivity index (χ0) is 14.5. The largest absolute Gasteiger partial charge is 0.469 e. The third-order valence-corrected chi connectivity index (χ3v) is 4.54. The molecule has 0 radical (unpaired) electrons. The predicted molar refractivity (Wildman–Crippen MR) is 86.4 cm³/mol. The van der Waals surface area contributed by atoms with Gasteiger partial charge in [-0.25, -0.2) is 0 Å². The Labute approximate surface area is 134 Å². The van der Waals surface area contributed by atoms with E-state index in [1.54, 1.807) is 0 Å². The molecule has 3 rings (SSSR count). The van der Waals surface area contributed by atoms with Crippen LogP contribution < -0.4 is 9.64 Å². The van der Waals surface area contributed by atoms with Gasteiger partial charge in [-0.1, -0.05) is 42.6 Å². The van der Waals surface area contributed by atoms with Crippen LogP contribution in [0.5, 0.6) is 5.88 Å². The Morgan fingerprint density at radius 3 is 2.62 bits per heavy atom. The van der Waals surface area contributed by atoms with Gasteiger partial charge in [-0.2, -0.15) is 4.37 Å². The molecule has 21 heavy (non-hydrogen) atoms. The van der Waals surface area contributed by atoms with E-state index in [1.807, 2.05) is 24.3 Å². The minimum atomic E-state index is 0.423. The summed E-state index contributed by atoms with van der Waals surface area (Å²) in [5.74, 6) is 1.51. The second-order valence-electron chi connectivity index (χ2n) is 5.17. The van der Waals surface area contributed by atoms with Crippen molar-refractivity contribution in [3.05, 3.63) is 34.9 Å². The molecule has 0 N–H and O–H groups in total. The zero-order valence-electron chi connectivity index (χ0n) is 11.8. The van der Waals surface area contributed by atoms with Gasteiger partial charge in [0.15, 0.2) is 0 Å². The second kappa shape index (κ2) is 7.09. The van der Waals surface area contributed by atoms with E-state index < -0.39 is 0 Å². The van der Waals surface area contributed by atoms with Gasteiger partial charge in [0.2, 0.25) is 5.82 Å². The Kier molecular flexibility index (Phi) is 4.93. The number of halogens is 1. The van der Waals surface area contributed by atoms with Gasteiger partial charge < -0.3 is 9.64 Å². The summed E-state index contributed by atoms with van der Waals surface area (Å²) < 4.78 is 14.6. The molecule has 0 aliphatic carbocycles. The lowest BCUT2D eigenvalue weighted by molar-refractivity contribution is 0.297. The van der Waals surface area contributed by atoms with Gasteiger partial charge in [0.05, 0.1) is 11.7 Å². The highest BCUT2D eigenvalue weighted by molar-refractivity contribution is 6.99. The van der Waals surface area contributed by atoms with E-state index in [9.17, 15) is 0 Å². The molecule has 1 aliphatic heterocycles. The van der Waals surface area contributed by atoms with Crippen LogP contribution in [-0.2, 0) is 6.61 Å². The van der Waals surface area contributed by atoms with Crippen molar-refractivity contribution in [2.24, 2.45) is 0 Å². The van der Waals surface area contributed by atoms with Crippen molar-refractivity contribution in [3.8, 4) is 5.88 Å². The van der Waals surface area contributed by atoms with E-state index in [2.05, 4.69) is 13.6 Å². The highest BCUT2D eigenvalue weighted by Crippen LogP contribution is 2.29. The molecule has 0 spiro atoms. The first-order chi connectivity index (χ1) is 10.3. The Bertz CT molecular complexity index is 582. The molecule has 1 saturated heterocycles. The van der Waals surface area contributed by atoms with Crippen molar-refractivity contribution in [2.75, 3.05) is 18.0 Å². The minimum Gasteiger partial charge on any atom is -0.469 e. The maximum atomic E-state index is 6.15. The molecule has 0 saturated carbocycles. The molecular weight excluding hydrogens is 306 g/mol. The average Bonchev–Trinajstić information content (AvgIpc) is 2.80. The van der Waals surface area contributed by atoms with Crippen LogP contribution >= 0.6 is 23.3 Å². The van der Waals surface area contributed by atoms with Gasteiger partial charge >= 0.3 is 0 Å². The second-order valence-corrected chi connectivity index (χ2v) is 6.11. The summed E-state index contributed by atoms with van der Waals surface area (Å²) in [6.07, 6.45) is 5.01. The quantitative estimate of drug-likeness (QED) is 0.847. The van der Waals surface area contributed by atoms with Gasteiger partial charge in [0.1, 0.15) is 6.61 Å². The van der Waals surface area contributed by atoms with E-state index >= 15 is 0 Å². The normalized spacial score (nSPS) is 15.8. The van der Waals surface area contributed by atoms with Crippen LogP contribution in [0.15, 0.2) is 24.3 Å². The predicted octanol–water partition coefficient (Wildman–Crippen LogP) is 4.15. The van der Waals surface area contributed by atoms with Gasteiger partial charge in [0, 0.05) is 23.7 Å². The summed E-state index contributed by atoms with van der Waals surface area (Å²) in [5, 5.41) is 0.719. The summed E-state index contributed by atoms with van der Waals surface area (Å²) in [6.45, 7) is 2.49. The summed E-state index contributed by atoms with van der Waals surface area (Å²) in [7, 11) is 0. The summed E-state index contributed by atoms with van der Waals surface area (Å²) in [5.41, 5.74) is 0.967. The number of hydrogen-bond donors (Lipinski definition) is 0. The molecule has 2 aromatic rings. The number of anilines is 1. The van der Waals surface area contributed by atoms with Crippen LogP contribution in [0.4, 0.5) is 5.82 Å². The highest BCUT2D eigenvalue weighted by Gasteiger charge is 2.19. The van der Waals surface area contributed by atoms with E-state index in [0.717, 1.165) is 29.5 Å². The molecule has 4 nitrogen and oxygen atoms in total. The lowest BCUT2D eigenvalue weighted by Crippen LogP contribution is -2.24. The van der Waals surface area contributed by atoms with E-state index in [0.29, 0.717) is 12.5 Å². The van der Waals surface area contributed by atoms with Crippen LogP contribution in [0.1, 0.15) is 31.2 Å². The Balaban J connectivity index is 1.69. The monoisotopic (exact) mass is 323 g/mol. The molecule has 0 atom stereocenters. The summed E-state index contributed by atoms with van der Waals surface area (Å²) >= 11 is 7.36. The zero-order valence-corrected chi connectivity index (χ0v) is 13.4. The Morgan fingerprint density at radius 1 is 1.10 bits per heavy atom. The van der Waals surface area contributed by atoms with Gasteiger partial charge in [-0.15, -0.1) is 4.37 Å². The van der Waals surface area contributed by atoms with Crippen molar-refractivity contribution in [1.82, 2.24) is 8.75 Å². The first kappa shape index (κ1) is 14.6. The molecule has 1 fully saturated rings. The molecule has 112 valence electrons.